The van der Waals surface area contributed by atoms with E-state index in [2.05, 4.69) is 0 Å². The van der Waals surface area contributed by atoms with Crippen molar-refractivity contribution in [1.29, 1.82) is 0 Å². The zero-order chi connectivity index (χ0) is 13.0. The minimum atomic E-state index is -2.55. The van der Waals surface area contributed by atoms with Crippen molar-refractivity contribution in [2.75, 3.05) is 14.2 Å². The van der Waals surface area contributed by atoms with Crippen LogP contribution in [0.2, 0.25) is 0 Å². The highest BCUT2D eigenvalue weighted by atomic mass is 19.3. The third-order valence-corrected chi connectivity index (χ3v) is 2.35. The van der Waals surface area contributed by atoms with Crippen molar-refractivity contribution >= 4 is 0 Å². The molecule has 0 aliphatic heterocycles. The molecule has 0 aromatic heterocycles. The number of benzene rings is 1. The molecule has 17 heavy (non-hydrogen) atoms. The molecule has 0 heterocycles. The van der Waals surface area contributed by atoms with Crippen LogP contribution in [0.15, 0.2) is 12.1 Å². The van der Waals surface area contributed by atoms with E-state index in [1.54, 1.807) is 0 Å². The van der Waals surface area contributed by atoms with Crippen LogP contribution >= 0.6 is 0 Å². The minimum Gasteiger partial charge on any atom is -0.507 e. The van der Waals surface area contributed by atoms with Gasteiger partial charge in [0.15, 0.2) is 0 Å². The maximum atomic E-state index is 12.3. The lowest BCUT2D eigenvalue weighted by Crippen LogP contribution is -2.15. The van der Waals surface area contributed by atoms with Crippen LogP contribution < -0.4 is 15.2 Å². The van der Waals surface area contributed by atoms with Gasteiger partial charge in [-0.25, -0.2) is 8.78 Å². The standard InChI is InChI=1S/C11H15F2NO3/c1-16-6-3-8(15)11(9(4-6)17-2)7(14)5-10(12)13/h3-4,7,10,15H,5,14H2,1-2H3/t7-/m1/s1. The van der Waals surface area contributed by atoms with Crippen LogP contribution in [0, 0.1) is 0 Å². The second kappa shape index (κ2) is 5.67. The Balaban J connectivity index is 3.13. The summed E-state index contributed by atoms with van der Waals surface area (Å²) in [6.07, 6.45) is -3.09. The molecule has 4 nitrogen and oxygen atoms in total. The summed E-state index contributed by atoms with van der Waals surface area (Å²) in [5.41, 5.74) is 5.76. The molecular formula is C11H15F2NO3. The Bertz CT molecular complexity index is 385. The monoisotopic (exact) mass is 247 g/mol. The Morgan fingerprint density at radius 3 is 2.41 bits per heavy atom. The van der Waals surface area contributed by atoms with Crippen LogP contribution in [-0.4, -0.2) is 25.8 Å². The zero-order valence-electron chi connectivity index (χ0n) is 9.61. The molecule has 0 unspecified atom stereocenters. The van der Waals surface area contributed by atoms with Gasteiger partial charge in [-0.3, -0.25) is 0 Å². The van der Waals surface area contributed by atoms with Crippen LogP contribution in [0.1, 0.15) is 18.0 Å². The van der Waals surface area contributed by atoms with Gasteiger partial charge >= 0.3 is 0 Å². The van der Waals surface area contributed by atoms with E-state index >= 15 is 0 Å². The molecule has 1 rings (SSSR count). The predicted molar refractivity (Wildman–Crippen MR) is 58.8 cm³/mol. The molecule has 1 aromatic rings. The number of aromatic hydroxyl groups is 1. The molecule has 0 aliphatic rings. The van der Waals surface area contributed by atoms with Crippen molar-refractivity contribution in [1.82, 2.24) is 0 Å². The van der Waals surface area contributed by atoms with Gasteiger partial charge in [0, 0.05) is 24.6 Å². The highest BCUT2D eigenvalue weighted by molar-refractivity contribution is 5.51. The first-order chi connectivity index (χ1) is 7.99. The highest BCUT2D eigenvalue weighted by Crippen LogP contribution is 2.38. The van der Waals surface area contributed by atoms with Gasteiger partial charge < -0.3 is 20.3 Å². The number of alkyl halides is 2. The first-order valence-electron chi connectivity index (χ1n) is 4.98. The van der Waals surface area contributed by atoms with Gasteiger partial charge in [0.25, 0.3) is 0 Å². The smallest absolute Gasteiger partial charge is 0.240 e. The number of hydrogen-bond donors (Lipinski definition) is 2. The molecule has 1 atom stereocenters. The third kappa shape index (κ3) is 3.20. The minimum absolute atomic E-state index is 0.161. The molecular weight excluding hydrogens is 232 g/mol. The van der Waals surface area contributed by atoms with Crippen LogP contribution in [0.5, 0.6) is 17.2 Å². The van der Waals surface area contributed by atoms with Crippen LogP contribution in [0.3, 0.4) is 0 Å². The Morgan fingerprint density at radius 1 is 1.29 bits per heavy atom. The predicted octanol–water partition coefficient (Wildman–Crippen LogP) is 2.06. The third-order valence-electron chi connectivity index (χ3n) is 2.35. The summed E-state index contributed by atoms with van der Waals surface area (Å²) >= 11 is 0. The fraction of sp³-hybridized carbons (Fsp3) is 0.455. The lowest BCUT2D eigenvalue weighted by atomic mass is 10.0. The van der Waals surface area contributed by atoms with Gasteiger partial charge in [0.1, 0.15) is 17.2 Å². The first kappa shape index (κ1) is 13.5. The van der Waals surface area contributed by atoms with Crippen molar-refractivity contribution in [2.24, 2.45) is 5.73 Å². The maximum Gasteiger partial charge on any atom is 0.240 e. The van der Waals surface area contributed by atoms with Gasteiger partial charge in [0.05, 0.1) is 19.8 Å². The fourth-order valence-corrected chi connectivity index (χ4v) is 1.56. The molecule has 0 aliphatic carbocycles. The van der Waals surface area contributed by atoms with Crippen molar-refractivity contribution < 1.29 is 23.4 Å². The van der Waals surface area contributed by atoms with E-state index in [4.69, 9.17) is 15.2 Å². The summed E-state index contributed by atoms with van der Waals surface area (Å²) in [6, 6.07) is 1.81. The molecule has 0 saturated carbocycles. The van der Waals surface area contributed by atoms with Crippen molar-refractivity contribution in [3.63, 3.8) is 0 Å². The number of phenols is 1. The van der Waals surface area contributed by atoms with E-state index in [-0.39, 0.29) is 17.1 Å². The molecule has 6 heteroatoms. The number of ether oxygens (including phenoxy) is 2. The molecule has 0 bridgehead atoms. The van der Waals surface area contributed by atoms with Crippen LogP contribution in [0.25, 0.3) is 0 Å². The van der Waals surface area contributed by atoms with Crippen molar-refractivity contribution in [2.45, 2.75) is 18.9 Å². The molecule has 0 saturated heterocycles. The van der Waals surface area contributed by atoms with Crippen LogP contribution in [0.4, 0.5) is 8.78 Å². The molecule has 1 aromatic carbocycles. The van der Waals surface area contributed by atoms with Gasteiger partial charge in [0.2, 0.25) is 6.43 Å². The number of phenolic OH excluding ortho intramolecular Hbond substituents is 1. The average Bonchev–Trinajstić information content (AvgIpc) is 2.26. The van der Waals surface area contributed by atoms with Gasteiger partial charge in [-0.2, -0.15) is 0 Å². The number of methoxy groups -OCH3 is 2. The second-order valence-corrected chi connectivity index (χ2v) is 3.50. The summed E-state index contributed by atoms with van der Waals surface area (Å²) in [7, 11) is 2.79. The summed E-state index contributed by atoms with van der Waals surface area (Å²) in [6.45, 7) is 0. The maximum absolute atomic E-state index is 12.3. The molecule has 0 spiro atoms. The van der Waals surface area contributed by atoms with E-state index in [1.165, 1.54) is 26.4 Å². The molecule has 3 N–H and O–H groups in total. The highest BCUT2D eigenvalue weighted by Gasteiger charge is 2.21. The first-order valence-corrected chi connectivity index (χ1v) is 4.98. The SMILES string of the molecule is COc1cc(O)c([C@H](N)CC(F)F)c(OC)c1. The topological polar surface area (TPSA) is 64.7 Å². The summed E-state index contributed by atoms with van der Waals surface area (Å²) < 4.78 is 34.4. The van der Waals surface area contributed by atoms with E-state index in [0.717, 1.165) is 0 Å². The summed E-state index contributed by atoms with van der Waals surface area (Å²) in [5.74, 6) is 0.386. The van der Waals surface area contributed by atoms with E-state index < -0.39 is 18.9 Å². The van der Waals surface area contributed by atoms with Gasteiger partial charge in [-0.15, -0.1) is 0 Å². The second-order valence-electron chi connectivity index (χ2n) is 3.50. The van der Waals surface area contributed by atoms with Gasteiger partial charge in [-0.1, -0.05) is 0 Å². The molecule has 96 valence electrons. The van der Waals surface area contributed by atoms with Crippen molar-refractivity contribution in [3.8, 4) is 17.2 Å². The zero-order valence-corrected chi connectivity index (χ0v) is 9.61. The Kier molecular flexibility index (Phi) is 4.51. The molecule has 0 fully saturated rings. The largest absolute Gasteiger partial charge is 0.507 e. The van der Waals surface area contributed by atoms with E-state index in [0.29, 0.717) is 5.75 Å². The molecule has 0 amide bonds. The lowest BCUT2D eigenvalue weighted by molar-refractivity contribution is 0.127. The number of nitrogens with two attached hydrogens (primary N) is 1. The normalized spacial score (nSPS) is 12.6. The van der Waals surface area contributed by atoms with E-state index in [9.17, 15) is 13.9 Å². The summed E-state index contributed by atoms with van der Waals surface area (Å²) in [5, 5.41) is 9.73. The Morgan fingerprint density at radius 2 is 1.94 bits per heavy atom. The van der Waals surface area contributed by atoms with E-state index in [1.807, 2.05) is 0 Å². The average molecular weight is 247 g/mol. The Hall–Kier alpha value is -1.56. The van der Waals surface area contributed by atoms with Gasteiger partial charge in [-0.05, 0) is 0 Å². The number of halogens is 2. The molecule has 0 radical (unpaired) electrons. The number of rotatable bonds is 5. The Labute approximate surface area is 97.9 Å². The quantitative estimate of drug-likeness (QED) is 0.836. The van der Waals surface area contributed by atoms with Crippen LogP contribution in [-0.2, 0) is 0 Å². The van der Waals surface area contributed by atoms with Crippen molar-refractivity contribution in [3.05, 3.63) is 17.7 Å². The fourth-order valence-electron chi connectivity index (χ4n) is 1.56. The summed E-state index contributed by atoms with van der Waals surface area (Å²) in [4.78, 5) is 0. The number of hydrogen-bond acceptors (Lipinski definition) is 4. The lowest BCUT2D eigenvalue weighted by Gasteiger charge is -2.17.